The molecule has 11 heteroatoms. The summed E-state index contributed by atoms with van der Waals surface area (Å²) in [5, 5.41) is 11.1. The molecule has 4 aromatic carbocycles. The van der Waals surface area contributed by atoms with Gasteiger partial charge in [0.2, 0.25) is 15.8 Å². The topological polar surface area (TPSA) is 104 Å². The number of phenols is 1. The van der Waals surface area contributed by atoms with Gasteiger partial charge in [0, 0.05) is 12.1 Å². The van der Waals surface area contributed by atoms with Gasteiger partial charge >= 0.3 is 0 Å². The first-order valence-electron chi connectivity index (χ1n) is 14.3. The molecular formula is C34H36BrNO8S. The molecule has 0 spiro atoms. The lowest BCUT2D eigenvalue weighted by Crippen LogP contribution is -2.41. The number of hydrogen-bond donors (Lipinski definition) is 1. The highest BCUT2D eigenvalue weighted by Crippen LogP contribution is 2.50. The maximum atomic E-state index is 14.2. The van der Waals surface area contributed by atoms with Crippen LogP contribution in [-0.4, -0.2) is 52.8 Å². The first-order chi connectivity index (χ1) is 21.6. The summed E-state index contributed by atoms with van der Waals surface area (Å²) in [6.45, 7) is 2.40. The van der Waals surface area contributed by atoms with E-state index in [4.69, 9.17) is 23.7 Å². The number of sulfonamides is 1. The second-order valence-electron chi connectivity index (χ2n) is 10.6. The van der Waals surface area contributed by atoms with Crippen LogP contribution in [0.25, 0.3) is 0 Å². The van der Waals surface area contributed by atoms with Crippen LogP contribution in [0.5, 0.6) is 34.5 Å². The van der Waals surface area contributed by atoms with Gasteiger partial charge < -0.3 is 28.8 Å². The highest BCUT2D eigenvalue weighted by molar-refractivity contribution is 9.10. The second-order valence-corrected chi connectivity index (χ2v) is 13.3. The van der Waals surface area contributed by atoms with Gasteiger partial charge in [-0.25, -0.2) is 8.42 Å². The molecule has 1 heterocycles. The van der Waals surface area contributed by atoms with Crippen LogP contribution in [-0.2, 0) is 29.5 Å². The third-order valence-electron chi connectivity index (χ3n) is 7.99. The normalized spacial score (nSPS) is 14.8. The molecular weight excluding hydrogens is 662 g/mol. The largest absolute Gasteiger partial charge is 0.502 e. The summed E-state index contributed by atoms with van der Waals surface area (Å²) >= 11 is 3.74. The summed E-state index contributed by atoms with van der Waals surface area (Å²) in [6.07, 6.45) is 0.646. The quantitative estimate of drug-likeness (QED) is 0.187. The van der Waals surface area contributed by atoms with Gasteiger partial charge in [-0.1, -0.05) is 35.9 Å². The van der Waals surface area contributed by atoms with E-state index < -0.39 is 16.1 Å². The number of nitrogens with zero attached hydrogens (tertiary/aromatic N) is 1. The molecule has 5 rings (SSSR count). The molecule has 0 fully saturated rings. The Morgan fingerprint density at radius 2 is 1.56 bits per heavy atom. The number of hydrogen-bond acceptors (Lipinski definition) is 8. The Morgan fingerprint density at radius 3 is 2.18 bits per heavy atom. The van der Waals surface area contributed by atoms with Gasteiger partial charge in [0.15, 0.2) is 23.0 Å². The number of ether oxygens (including phenoxy) is 5. The minimum atomic E-state index is -3.95. The number of rotatable bonds is 11. The average Bonchev–Trinajstić information content (AvgIpc) is 3.05. The van der Waals surface area contributed by atoms with E-state index in [-0.39, 0.29) is 41.7 Å². The second kappa shape index (κ2) is 13.6. The van der Waals surface area contributed by atoms with Gasteiger partial charge in [0.1, 0.15) is 12.4 Å². The van der Waals surface area contributed by atoms with E-state index in [1.807, 2.05) is 37.3 Å². The zero-order chi connectivity index (χ0) is 32.3. The third kappa shape index (κ3) is 6.43. The lowest BCUT2D eigenvalue weighted by Gasteiger charge is -2.38. The third-order valence-corrected chi connectivity index (χ3v) is 10.8. The fourth-order valence-electron chi connectivity index (χ4n) is 5.61. The Morgan fingerprint density at radius 1 is 0.867 bits per heavy atom. The molecule has 0 saturated carbocycles. The number of halogens is 1. The molecule has 0 aromatic heterocycles. The minimum absolute atomic E-state index is 0.179. The van der Waals surface area contributed by atoms with E-state index in [0.717, 1.165) is 28.0 Å². The van der Waals surface area contributed by atoms with Crippen molar-refractivity contribution in [3.63, 3.8) is 0 Å². The van der Waals surface area contributed by atoms with Crippen molar-refractivity contribution in [3.8, 4) is 34.5 Å². The van der Waals surface area contributed by atoms with Gasteiger partial charge in [-0.3, -0.25) is 0 Å². The summed E-state index contributed by atoms with van der Waals surface area (Å²) < 4.78 is 58.8. The number of fused-ring (bicyclic) bond motifs is 1. The highest BCUT2D eigenvalue weighted by Gasteiger charge is 2.40. The molecule has 1 aliphatic rings. The molecule has 0 amide bonds. The summed E-state index contributed by atoms with van der Waals surface area (Å²) in [5.41, 5.74) is 4.09. The Kier molecular flexibility index (Phi) is 9.81. The Balaban J connectivity index is 1.59. The fraction of sp³-hybridized carbons (Fsp3) is 0.294. The van der Waals surface area contributed by atoms with Crippen molar-refractivity contribution in [1.29, 1.82) is 0 Å². The van der Waals surface area contributed by atoms with Crippen molar-refractivity contribution < 1.29 is 37.2 Å². The van der Waals surface area contributed by atoms with Crippen LogP contribution < -0.4 is 23.7 Å². The number of aromatic hydroxyl groups is 1. The average molecular weight is 699 g/mol. The lowest BCUT2D eigenvalue weighted by atomic mass is 9.88. The van der Waals surface area contributed by atoms with Crippen LogP contribution in [0, 0.1) is 6.92 Å². The highest BCUT2D eigenvalue weighted by atomic mass is 79.9. The van der Waals surface area contributed by atoms with Crippen LogP contribution in [0.4, 0.5) is 0 Å². The van der Waals surface area contributed by atoms with Gasteiger partial charge in [0.25, 0.3) is 0 Å². The maximum absolute atomic E-state index is 14.2. The van der Waals surface area contributed by atoms with Crippen molar-refractivity contribution in [2.45, 2.75) is 37.3 Å². The van der Waals surface area contributed by atoms with Crippen molar-refractivity contribution in [2.24, 2.45) is 0 Å². The van der Waals surface area contributed by atoms with Crippen LogP contribution in [0.1, 0.15) is 33.9 Å². The fourth-order valence-corrected chi connectivity index (χ4v) is 7.81. The lowest BCUT2D eigenvalue weighted by molar-refractivity contribution is 0.276. The molecule has 0 unspecified atom stereocenters. The predicted octanol–water partition coefficient (Wildman–Crippen LogP) is 6.61. The predicted molar refractivity (Wildman–Crippen MR) is 174 cm³/mol. The Hall–Kier alpha value is -3.93. The van der Waals surface area contributed by atoms with E-state index in [0.29, 0.717) is 28.0 Å². The zero-order valence-corrected chi connectivity index (χ0v) is 28.2. The molecule has 1 aliphatic heterocycles. The molecule has 45 heavy (non-hydrogen) atoms. The molecule has 1 atom stereocenters. The SMILES string of the molecule is COc1ccc(COc2c(OC)ccc(C[C@@H]3c4c(cc(OC)c(O)c4OC)CCN3S(=O)(=O)c3ccc(C)cc3)c2Br)cc1. The van der Waals surface area contributed by atoms with Crippen molar-refractivity contribution >= 4 is 26.0 Å². The van der Waals surface area contributed by atoms with Crippen LogP contribution >= 0.6 is 15.9 Å². The standard InChI is InChI=1S/C34H36BrNO8S/c1-21-6-13-26(14-7-21)45(38,39)36-17-16-23-19-29(42-4)32(37)34(43-5)30(23)27(36)18-24-10-15-28(41-3)33(31(24)35)44-20-22-8-11-25(40-2)12-9-22/h6-15,19,27,37H,16-18,20H2,1-5H3/t27-/m1/s1. The van der Waals surface area contributed by atoms with E-state index in [1.165, 1.54) is 18.5 Å². The number of aryl methyl sites for hydroxylation is 1. The number of phenolic OH excluding ortho intramolecular Hbond substituents is 1. The van der Waals surface area contributed by atoms with E-state index in [1.54, 1.807) is 50.6 Å². The molecule has 0 bridgehead atoms. The summed E-state index contributed by atoms with van der Waals surface area (Å²) in [7, 11) is 2.15. The molecule has 1 N–H and O–H groups in total. The first kappa shape index (κ1) is 32.5. The summed E-state index contributed by atoms with van der Waals surface area (Å²) in [5.74, 6) is 2.01. The van der Waals surface area contributed by atoms with Crippen LogP contribution in [0.3, 0.4) is 0 Å². The number of methoxy groups -OCH3 is 4. The smallest absolute Gasteiger partial charge is 0.243 e. The van der Waals surface area contributed by atoms with Gasteiger partial charge in [0.05, 0.1) is 43.8 Å². The molecule has 0 radical (unpaired) electrons. The van der Waals surface area contributed by atoms with Crippen LogP contribution in [0.15, 0.2) is 76.1 Å². The molecule has 0 aliphatic carbocycles. The molecule has 4 aromatic rings. The van der Waals surface area contributed by atoms with Gasteiger partial charge in [-0.2, -0.15) is 4.31 Å². The van der Waals surface area contributed by atoms with E-state index in [9.17, 15) is 13.5 Å². The Bertz CT molecular complexity index is 1780. The Labute approximate surface area is 272 Å². The first-order valence-corrected chi connectivity index (χ1v) is 16.5. The van der Waals surface area contributed by atoms with Crippen molar-refractivity contribution in [3.05, 3.63) is 99.0 Å². The number of benzene rings is 4. The van der Waals surface area contributed by atoms with Gasteiger partial charge in [-0.05, 0) is 88.8 Å². The zero-order valence-electron chi connectivity index (χ0n) is 25.8. The van der Waals surface area contributed by atoms with Crippen LogP contribution in [0.2, 0.25) is 0 Å². The van der Waals surface area contributed by atoms with Crippen molar-refractivity contribution in [1.82, 2.24) is 4.31 Å². The monoisotopic (exact) mass is 697 g/mol. The summed E-state index contributed by atoms with van der Waals surface area (Å²) in [6, 6.07) is 19.1. The maximum Gasteiger partial charge on any atom is 0.243 e. The van der Waals surface area contributed by atoms with E-state index >= 15 is 0 Å². The van der Waals surface area contributed by atoms with E-state index in [2.05, 4.69) is 15.9 Å². The molecule has 9 nitrogen and oxygen atoms in total. The summed E-state index contributed by atoms with van der Waals surface area (Å²) in [4.78, 5) is 0.190. The van der Waals surface area contributed by atoms with Gasteiger partial charge in [-0.15, -0.1) is 0 Å². The molecule has 0 saturated heterocycles. The van der Waals surface area contributed by atoms with Crippen molar-refractivity contribution in [2.75, 3.05) is 35.0 Å². The molecule has 238 valence electrons. The minimum Gasteiger partial charge on any atom is -0.502 e.